The zero-order valence-electron chi connectivity index (χ0n) is 14.1. The van der Waals surface area contributed by atoms with Gasteiger partial charge < -0.3 is 15.1 Å². The summed E-state index contributed by atoms with van der Waals surface area (Å²) in [5.74, 6) is 1.58. The molecule has 0 spiro atoms. The van der Waals surface area contributed by atoms with Crippen LogP contribution in [0.25, 0.3) is 11.4 Å². The smallest absolute Gasteiger partial charge is 0.317 e. The van der Waals surface area contributed by atoms with Crippen LogP contribution in [0.5, 0.6) is 0 Å². The lowest BCUT2D eigenvalue weighted by atomic mass is 10.2. The molecule has 0 atom stereocenters. The molecule has 1 saturated heterocycles. The van der Waals surface area contributed by atoms with Crippen LogP contribution in [0.1, 0.15) is 12.6 Å². The average molecular weight is 326 g/mol. The molecule has 2 aromatic rings. The van der Waals surface area contributed by atoms with Crippen LogP contribution in [-0.2, 0) is 0 Å². The van der Waals surface area contributed by atoms with E-state index in [2.05, 4.69) is 25.2 Å². The molecule has 0 aromatic carbocycles. The molecule has 0 unspecified atom stereocenters. The van der Waals surface area contributed by atoms with Crippen LogP contribution in [0.2, 0.25) is 0 Å². The number of nitrogens with zero attached hydrogens (tertiary/aromatic N) is 5. The molecular formula is C17H22N6O. The van der Waals surface area contributed by atoms with Crippen molar-refractivity contribution in [2.24, 2.45) is 0 Å². The fourth-order valence-corrected chi connectivity index (χ4v) is 2.74. The highest BCUT2D eigenvalue weighted by atomic mass is 16.2. The lowest BCUT2D eigenvalue weighted by molar-refractivity contribution is 0.195. The van der Waals surface area contributed by atoms with Crippen LogP contribution in [0.4, 0.5) is 10.6 Å². The third-order valence-corrected chi connectivity index (χ3v) is 3.98. The van der Waals surface area contributed by atoms with Crippen LogP contribution in [-0.4, -0.2) is 58.6 Å². The Morgan fingerprint density at radius 1 is 1.25 bits per heavy atom. The first kappa shape index (κ1) is 16.2. The van der Waals surface area contributed by atoms with E-state index < -0.39 is 0 Å². The van der Waals surface area contributed by atoms with E-state index in [1.54, 1.807) is 12.4 Å². The molecule has 2 aromatic heterocycles. The molecule has 24 heavy (non-hydrogen) atoms. The van der Waals surface area contributed by atoms with Crippen molar-refractivity contribution in [2.75, 3.05) is 37.6 Å². The van der Waals surface area contributed by atoms with Crippen molar-refractivity contribution in [2.45, 2.75) is 13.8 Å². The number of hydrogen-bond acceptors (Lipinski definition) is 5. The first-order valence-corrected chi connectivity index (χ1v) is 8.21. The average Bonchev–Trinajstić information content (AvgIpc) is 2.62. The Morgan fingerprint density at radius 2 is 2.04 bits per heavy atom. The SMILES string of the molecule is CCNC(=O)N1CCN(c2cc(C)nc(-c3cccnc3)n2)CC1. The van der Waals surface area contributed by atoms with Crippen molar-refractivity contribution in [1.82, 2.24) is 25.2 Å². The van der Waals surface area contributed by atoms with Gasteiger partial charge in [0.25, 0.3) is 0 Å². The van der Waals surface area contributed by atoms with Crippen molar-refractivity contribution in [3.8, 4) is 11.4 Å². The van der Waals surface area contributed by atoms with E-state index in [0.717, 1.165) is 30.2 Å². The van der Waals surface area contributed by atoms with E-state index in [-0.39, 0.29) is 6.03 Å². The molecule has 2 amide bonds. The Balaban J connectivity index is 1.74. The lowest BCUT2D eigenvalue weighted by Crippen LogP contribution is -2.52. The third-order valence-electron chi connectivity index (χ3n) is 3.98. The van der Waals surface area contributed by atoms with Gasteiger partial charge in [0.15, 0.2) is 5.82 Å². The van der Waals surface area contributed by atoms with Crippen molar-refractivity contribution in [3.63, 3.8) is 0 Å². The number of aromatic nitrogens is 3. The number of carbonyl (C=O) groups excluding carboxylic acids is 1. The minimum atomic E-state index is 0.00654. The number of amides is 2. The molecule has 3 heterocycles. The van der Waals surface area contributed by atoms with E-state index in [1.807, 2.05) is 36.9 Å². The minimum Gasteiger partial charge on any atom is -0.353 e. The molecule has 0 radical (unpaired) electrons. The standard InChI is InChI=1S/C17H22N6O/c1-3-19-17(24)23-9-7-22(8-10-23)15-11-13(2)20-16(21-15)14-5-4-6-18-12-14/h4-6,11-12H,3,7-10H2,1-2H3,(H,19,24). The van der Waals surface area contributed by atoms with Crippen LogP contribution in [0.15, 0.2) is 30.6 Å². The first-order chi connectivity index (χ1) is 11.7. The topological polar surface area (TPSA) is 74.2 Å². The number of urea groups is 1. The van der Waals surface area contributed by atoms with Crippen molar-refractivity contribution in [1.29, 1.82) is 0 Å². The normalized spacial score (nSPS) is 14.6. The predicted octanol–water partition coefficient (Wildman–Crippen LogP) is 1.70. The highest BCUT2D eigenvalue weighted by molar-refractivity contribution is 5.74. The first-order valence-electron chi connectivity index (χ1n) is 8.21. The van der Waals surface area contributed by atoms with Gasteiger partial charge in [-0.1, -0.05) is 0 Å². The molecule has 1 N–H and O–H groups in total. The second-order valence-corrected chi connectivity index (χ2v) is 5.74. The van der Waals surface area contributed by atoms with Crippen molar-refractivity contribution < 1.29 is 4.79 Å². The molecule has 126 valence electrons. The number of rotatable bonds is 3. The summed E-state index contributed by atoms with van der Waals surface area (Å²) < 4.78 is 0. The van der Waals surface area contributed by atoms with Crippen molar-refractivity contribution >= 4 is 11.8 Å². The molecule has 1 fully saturated rings. The van der Waals surface area contributed by atoms with Crippen LogP contribution >= 0.6 is 0 Å². The maximum atomic E-state index is 11.9. The van der Waals surface area contributed by atoms with E-state index in [4.69, 9.17) is 0 Å². The summed E-state index contributed by atoms with van der Waals surface area (Å²) in [7, 11) is 0. The molecule has 3 rings (SSSR count). The van der Waals surface area contributed by atoms with Gasteiger partial charge >= 0.3 is 6.03 Å². The molecule has 7 heteroatoms. The highest BCUT2D eigenvalue weighted by Crippen LogP contribution is 2.20. The van der Waals surface area contributed by atoms with Gasteiger partial charge in [0, 0.05) is 62.4 Å². The fraction of sp³-hybridized carbons (Fsp3) is 0.412. The van der Waals surface area contributed by atoms with Gasteiger partial charge in [0.2, 0.25) is 0 Å². The molecule has 0 aliphatic carbocycles. The summed E-state index contributed by atoms with van der Waals surface area (Å²) >= 11 is 0. The number of anilines is 1. The number of piperazine rings is 1. The lowest BCUT2D eigenvalue weighted by Gasteiger charge is -2.35. The summed E-state index contributed by atoms with van der Waals surface area (Å²) in [5, 5.41) is 2.85. The summed E-state index contributed by atoms with van der Waals surface area (Å²) in [6.45, 7) is 7.46. The van der Waals surface area contributed by atoms with Gasteiger partial charge in [0.1, 0.15) is 5.82 Å². The molecule has 1 aliphatic rings. The number of carbonyl (C=O) groups is 1. The van der Waals surface area contributed by atoms with Gasteiger partial charge in [-0.3, -0.25) is 4.98 Å². The number of pyridine rings is 1. The Morgan fingerprint density at radius 3 is 2.71 bits per heavy atom. The maximum absolute atomic E-state index is 11.9. The Bertz CT molecular complexity index is 697. The number of aryl methyl sites for hydroxylation is 1. The van der Waals surface area contributed by atoms with E-state index in [1.165, 1.54) is 0 Å². The second kappa shape index (κ2) is 7.25. The Kier molecular flexibility index (Phi) is 4.88. The Labute approximate surface area is 141 Å². The van der Waals surface area contributed by atoms with Gasteiger partial charge in [-0.25, -0.2) is 14.8 Å². The largest absolute Gasteiger partial charge is 0.353 e. The van der Waals surface area contributed by atoms with Crippen LogP contribution < -0.4 is 10.2 Å². The summed E-state index contributed by atoms with van der Waals surface area (Å²) in [4.78, 5) is 29.3. The molecule has 7 nitrogen and oxygen atoms in total. The van der Waals surface area contributed by atoms with Gasteiger partial charge in [-0.15, -0.1) is 0 Å². The molecule has 0 saturated carbocycles. The van der Waals surface area contributed by atoms with Crippen molar-refractivity contribution in [3.05, 3.63) is 36.3 Å². The predicted molar refractivity (Wildman–Crippen MR) is 92.9 cm³/mol. The van der Waals surface area contributed by atoms with E-state index in [9.17, 15) is 4.79 Å². The van der Waals surface area contributed by atoms with Gasteiger partial charge in [0.05, 0.1) is 0 Å². The zero-order chi connectivity index (χ0) is 16.9. The summed E-state index contributed by atoms with van der Waals surface area (Å²) in [5.41, 5.74) is 1.83. The maximum Gasteiger partial charge on any atom is 0.317 e. The molecule has 1 aliphatic heterocycles. The summed E-state index contributed by atoms with van der Waals surface area (Å²) in [6, 6.07) is 5.83. The van der Waals surface area contributed by atoms with E-state index in [0.29, 0.717) is 25.5 Å². The number of nitrogens with one attached hydrogen (secondary N) is 1. The van der Waals surface area contributed by atoms with Crippen LogP contribution in [0.3, 0.4) is 0 Å². The van der Waals surface area contributed by atoms with Crippen LogP contribution in [0, 0.1) is 6.92 Å². The van der Waals surface area contributed by atoms with Gasteiger partial charge in [-0.05, 0) is 26.0 Å². The molecular weight excluding hydrogens is 304 g/mol. The monoisotopic (exact) mass is 326 g/mol. The summed E-state index contributed by atoms with van der Waals surface area (Å²) in [6.07, 6.45) is 3.51. The quantitative estimate of drug-likeness (QED) is 0.929. The second-order valence-electron chi connectivity index (χ2n) is 5.74. The molecule has 0 bridgehead atoms. The number of hydrogen-bond donors (Lipinski definition) is 1. The third kappa shape index (κ3) is 3.61. The fourth-order valence-electron chi connectivity index (χ4n) is 2.74. The minimum absolute atomic E-state index is 0.00654. The van der Waals surface area contributed by atoms with E-state index >= 15 is 0 Å². The van der Waals surface area contributed by atoms with Gasteiger partial charge in [-0.2, -0.15) is 0 Å². The Hall–Kier alpha value is -2.70. The zero-order valence-corrected chi connectivity index (χ0v) is 14.1. The highest BCUT2D eigenvalue weighted by Gasteiger charge is 2.22.